The molecule has 0 spiro atoms. The van der Waals surface area contributed by atoms with Crippen LogP contribution in [0.15, 0.2) is 57.8 Å². The van der Waals surface area contributed by atoms with Gasteiger partial charge in [-0.15, -0.1) is 0 Å². The zero-order valence-corrected chi connectivity index (χ0v) is 12.0. The summed E-state index contributed by atoms with van der Waals surface area (Å²) in [5.74, 6) is 0. The number of carbonyl (C=O) groups excluding carboxylic acids is 1. The Morgan fingerprint density at radius 2 is 1.60 bits per heavy atom. The molecule has 3 nitrogen and oxygen atoms in total. The van der Waals surface area contributed by atoms with Crippen LogP contribution in [-0.4, -0.2) is 11.3 Å². The van der Waals surface area contributed by atoms with Gasteiger partial charge in [-0.1, -0.05) is 52.3 Å². The summed E-state index contributed by atoms with van der Waals surface area (Å²) in [6.07, 6.45) is 0.785. The van der Waals surface area contributed by atoms with E-state index in [9.17, 15) is 9.59 Å². The summed E-state index contributed by atoms with van der Waals surface area (Å²) in [6, 6.07) is 14.6. The third-order valence-electron chi connectivity index (χ3n) is 3.23. The van der Waals surface area contributed by atoms with Gasteiger partial charge in [-0.25, -0.2) is 0 Å². The van der Waals surface area contributed by atoms with Crippen molar-refractivity contribution < 1.29 is 4.79 Å². The van der Waals surface area contributed by atoms with Gasteiger partial charge < -0.3 is 4.98 Å². The predicted molar refractivity (Wildman–Crippen MR) is 83.1 cm³/mol. The van der Waals surface area contributed by atoms with Gasteiger partial charge in [0.25, 0.3) is 5.56 Å². The molecule has 98 valence electrons. The van der Waals surface area contributed by atoms with E-state index >= 15 is 0 Å². The lowest BCUT2D eigenvalue weighted by atomic mass is 10.0. The van der Waals surface area contributed by atoms with E-state index in [0.29, 0.717) is 22.0 Å². The molecule has 0 aliphatic carbocycles. The molecule has 0 aliphatic heterocycles. The molecular weight excluding hydrogens is 318 g/mol. The molecule has 1 aromatic heterocycles. The molecule has 1 N–H and O–H groups in total. The minimum absolute atomic E-state index is 0.197. The van der Waals surface area contributed by atoms with Gasteiger partial charge in [-0.2, -0.15) is 0 Å². The zero-order valence-electron chi connectivity index (χ0n) is 10.4. The summed E-state index contributed by atoms with van der Waals surface area (Å²) in [6.45, 7) is 0. The minimum Gasteiger partial charge on any atom is -0.321 e. The molecule has 0 amide bonds. The Hall–Kier alpha value is -2.20. The van der Waals surface area contributed by atoms with Crippen LogP contribution in [0.25, 0.3) is 22.0 Å². The number of aromatic nitrogens is 1. The van der Waals surface area contributed by atoms with E-state index in [1.165, 1.54) is 0 Å². The predicted octanol–water partition coefficient (Wildman–Crippen LogP) is 3.77. The molecule has 0 saturated heterocycles. The Kier molecular flexibility index (Phi) is 3.24. The highest BCUT2D eigenvalue weighted by atomic mass is 79.9. The van der Waals surface area contributed by atoms with Crippen LogP contribution in [0.1, 0.15) is 10.4 Å². The maximum absolute atomic E-state index is 12.2. The normalized spacial score (nSPS) is 10.7. The smallest absolute Gasteiger partial charge is 0.256 e. The highest BCUT2D eigenvalue weighted by molar-refractivity contribution is 9.10. The lowest BCUT2D eigenvalue weighted by molar-refractivity contribution is 0.112. The largest absolute Gasteiger partial charge is 0.321 e. The Morgan fingerprint density at radius 3 is 2.30 bits per heavy atom. The molecule has 0 bridgehead atoms. The standard InChI is InChI=1S/C16H10BrNO2/c17-14-8-4-3-7-12(14)15-13(9-19)10-5-1-2-6-11(10)16(20)18-15/h1-9H,(H,18,20). The highest BCUT2D eigenvalue weighted by Gasteiger charge is 2.13. The van der Waals surface area contributed by atoms with E-state index in [-0.39, 0.29) is 5.56 Å². The average molecular weight is 328 g/mol. The van der Waals surface area contributed by atoms with Crippen LogP contribution in [0, 0.1) is 0 Å². The number of benzene rings is 2. The Bertz CT molecular complexity index is 868. The number of rotatable bonds is 2. The first-order chi connectivity index (χ1) is 9.72. The summed E-state index contributed by atoms with van der Waals surface area (Å²) in [7, 11) is 0. The van der Waals surface area contributed by atoms with Crippen LogP contribution in [0.3, 0.4) is 0 Å². The van der Waals surface area contributed by atoms with E-state index in [4.69, 9.17) is 0 Å². The number of pyridine rings is 1. The van der Waals surface area contributed by atoms with Crippen LogP contribution >= 0.6 is 15.9 Å². The Balaban J connectivity index is 2.46. The summed E-state index contributed by atoms with van der Waals surface area (Å²) in [5.41, 5.74) is 1.62. The number of halogens is 1. The van der Waals surface area contributed by atoms with E-state index in [0.717, 1.165) is 16.3 Å². The summed E-state index contributed by atoms with van der Waals surface area (Å²) >= 11 is 3.45. The molecule has 0 atom stereocenters. The van der Waals surface area contributed by atoms with Crippen molar-refractivity contribution in [2.45, 2.75) is 0 Å². The molecule has 0 unspecified atom stereocenters. The fraction of sp³-hybridized carbons (Fsp3) is 0. The monoisotopic (exact) mass is 327 g/mol. The van der Waals surface area contributed by atoms with Gasteiger partial charge >= 0.3 is 0 Å². The summed E-state index contributed by atoms with van der Waals surface area (Å²) in [5, 5.41) is 1.18. The molecule has 2 aromatic carbocycles. The van der Waals surface area contributed by atoms with E-state index in [1.807, 2.05) is 30.3 Å². The van der Waals surface area contributed by atoms with Gasteiger partial charge in [0, 0.05) is 21.0 Å². The summed E-state index contributed by atoms with van der Waals surface area (Å²) < 4.78 is 0.828. The summed E-state index contributed by atoms with van der Waals surface area (Å²) in [4.78, 5) is 26.5. The van der Waals surface area contributed by atoms with Gasteiger partial charge in [-0.05, 0) is 17.5 Å². The first-order valence-corrected chi connectivity index (χ1v) is 6.87. The first kappa shape index (κ1) is 12.8. The Morgan fingerprint density at radius 1 is 0.950 bits per heavy atom. The number of carbonyl (C=O) groups is 1. The van der Waals surface area contributed by atoms with Crippen molar-refractivity contribution in [3.63, 3.8) is 0 Å². The van der Waals surface area contributed by atoms with Crippen LogP contribution in [0.2, 0.25) is 0 Å². The SMILES string of the molecule is O=Cc1c(-c2ccccc2Br)[nH]c(=O)c2ccccc12. The van der Waals surface area contributed by atoms with Gasteiger partial charge in [0.05, 0.1) is 5.69 Å². The molecule has 3 rings (SSSR count). The average Bonchev–Trinajstić information content (AvgIpc) is 2.48. The van der Waals surface area contributed by atoms with Gasteiger partial charge in [-0.3, -0.25) is 9.59 Å². The van der Waals surface area contributed by atoms with Crippen molar-refractivity contribution in [2.75, 3.05) is 0 Å². The number of hydrogen-bond acceptors (Lipinski definition) is 2. The lowest BCUT2D eigenvalue weighted by Crippen LogP contribution is -2.10. The van der Waals surface area contributed by atoms with Gasteiger partial charge in [0.15, 0.2) is 6.29 Å². The molecule has 4 heteroatoms. The van der Waals surface area contributed by atoms with Crippen molar-refractivity contribution in [1.82, 2.24) is 4.98 Å². The van der Waals surface area contributed by atoms with E-state index < -0.39 is 0 Å². The third kappa shape index (κ3) is 1.98. The zero-order chi connectivity index (χ0) is 14.1. The highest BCUT2D eigenvalue weighted by Crippen LogP contribution is 2.30. The first-order valence-electron chi connectivity index (χ1n) is 6.07. The number of aromatic amines is 1. The van der Waals surface area contributed by atoms with Crippen molar-refractivity contribution >= 4 is 33.0 Å². The fourth-order valence-electron chi connectivity index (χ4n) is 2.30. The van der Waals surface area contributed by atoms with Crippen LogP contribution in [-0.2, 0) is 0 Å². The molecule has 0 fully saturated rings. The second-order valence-corrected chi connectivity index (χ2v) is 5.24. The number of hydrogen-bond donors (Lipinski definition) is 1. The number of nitrogens with one attached hydrogen (secondary N) is 1. The van der Waals surface area contributed by atoms with Crippen molar-refractivity contribution in [1.29, 1.82) is 0 Å². The topological polar surface area (TPSA) is 49.9 Å². The molecule has 0 aliphatic rings. The van der Waals surface area contributed by atoms with Gasteiger partial charge in [0.1, 0.15) is 0 Å². The molecular formula is C16H10BrNO2. The maximum atomic E-state index is 12.2. The van der Waals surface area contributed by atoms with Crippen molar-refractivity contribution in [3.8, 4) is 11.3 Å². The second kappa shape index (κ2) is 5.06. The van der Waals surface area contributed by atoms with Gasteiger partial charge in [0.2, 0.25) is 0 Å². The maximum Gasteiger partial charge on any atom is 0.256 e. The van der Waals surface area contributed by atoms with E-state index in [1.54, 1.807) is 18.2 Å². The molecule has 1 heterocycles. The minimum atomic E-state index is -0.197. The van der Waals surface area contributed by atoms with Crippen LogP contribution < -0.4 is 5.56 Å². The van der Waals surface area contributed by atoms with Crippen molar-refractivity contribution in [2.24, 2.45) is 0 Å². The fourth-order valence-corrected chi connectivity index (χ4v) is 2.78. The van der Waals surface area contributed by atoms with Crippen LogP contribution in [0.4, 0.5) is 0 Å². The second-order valence-electron chi connectivity index (χ2n) is 4.39. The number of aldehydes is 1. The third-order valence-corrected chi connectivity index (χ3v) is 3.92. The van der Waals surface area contributed by atoms with Crippen LogP contribution in [0.5, 0.6) is 0 Å². The van der Waals surface area contributed by atoms with E-state index in [2.05, 4.69) is 20.9 Å². The molecule has 20 heavy (non-hydrogen) atoms. The molecule has 0 saturated carbocycles. The Labute approximate surface area is 123 Å². The molecule has 3 aromatic rings. The number of H-pyrrole nitrogens is 1. The quantitative estimate of drug-likeness (QED) is 0.728. The molecule has 0 radical (unpaired) electrons. The van der Waals surface area contributed by atoms with Crippen molar-refractivity contribution in [3.05, 3.63) is 68.9 Å². The lowest BCUT2D eigenvalue weighted by Gasteiger charge is -2.10. The number of fused-ring (bicyclic) bond motifs is 1.